The topological polar surface area (TPSA) is 12.9 Å². The number of aryl methyl sites for hydroxylation is 2. The summed E-state index contributed by atoms with van der Waals surface area (Å²) in [6.45, 7) is 4.15. The van der Waals surface area contributed by atoms with Gasteiger partial charge >= 0.3 is 0 Å². The molecule has 1 aromatic heterocycles. The van der Waals surface area contributed by atoms with E-state index in [1.807, 2.05) is 6.92 Å². The molecule has 0 aliphatic heterocycles. The molecule has 0 radical (unpaired) electrons. The highest BCUT2D eigenvalue weighted by Gasteiger charge is 2.00. The van der Waals surface area contributed by atoms with Gasteiger partial charge in [0.2, 0.25) is 0 Å². The van der Waals surface area contributed by atoms with E-state index in [1.165, 1.54) is 9.13 Å². The van der Waals surface area contributed by atoms with Gasteiger partial charge in [-0.25, -0.2) is 4.98 Å². The average Bonchev–Trinajstić information content (AvgIpc) is 1.82. The monoisotopic (exact) mass is 359 g/mol. The van der Waals surface area contributed by atoms with Gasteiger partial charge in [0.25, 0.3) is 0 Å². The van der Waals surface area contributed by atoms with Crippen LogP contribution in [0.2, 0.25) is 0 Å². The van der Waals surface area contributed by atoms with Gasteiger partial charge in [-0.2, -0.15) is 0 Å². The van der Waals surface area contributed by atoms with Gasteiger partial charge in [-0.3, -0.25) is 0 Å². The Labute approximate surface area is 87.9 Å². The molecule has 1 heterocycles. The van der Waals surface area contributed by atoms with Crippen molar-refractivity contribution < 1.29 is 0 Å². The van der Waals surface area contributed by atoms with E-state index in [-0.39, 0.29) is 0 Å². The van der Waals surface area contributed by atoms with Crippen LogP contribution in [0.1, 0.15) is 11.3 Å². The van der Waals surface area contributed by atoms with Crippen LogP contribution >= 0.6 is 45.2 Å². The Hall–Kier alpha value is 0.610. The number of rotatable bonds is 0. The van der Waals surface area contributed by atoms with E-state index in [9.17, 15) is 0 Å². The highest BCUT2D eigenvalue weighted by Crippen LogP contribution is 2.16. The molecule has 0 saturated heterocycles. The molecule has 1 nitrogen and oxygen atoms in total. The number of nitrogens with zero attached hydrogens (tertiary/aromatic N) is 1. The Morgan fingerprint density at radius 2 is 1.90 bits per heavy atom. The molecule has 1 rings (SSSR count). The molecular formula is C7H7I2N. The maximum absolute atomic E-state index is 4.31. The summed E-state index contributed by atoms with van der Waals surface area (Å²) < 4.78 is 2.35. The predicted octanol–water partition coefficient (Wildman–Crippen LogP) is 2.91. The number of aromatic nitrogens is 1. The second-order valence-electron chi connectivity index (χ2n) is 2.16. The van der Waals surface area contributed by atoms with Crippen LogP contribution in [0.25, 0.3) is 0 Å². The zero-order valence-corrected chi connectivity index (χ0v) is 10.1. The minimum atomic E-state index is 1.08. The Morgan fingerprint density at radius 1 is 1.30 bits per heavy atom. The lowest BCUT2D eigenvalue weighted by Crippen LogP contribution is -1.92. The normalized spacial score (nSPS) is 10.0. The van der Waals surface area contributed by atoms with Crippen LogP contribution in [0.5, 0.6) is 0 Å². The average molecular weight is 359 g/mol. The molecule has 0 fully saturated rings. The summed E-state index contributed by atoms with van der Waals surface area (Å²) in [4.78, 5) is 4.31. The molecule has 0 atom stereocenters. The van der Waals surface area contributed by atoms with Gasteiger partial charge in [0.05, 0.1) is 5.69 Å². The molecule has 0 amide bonds. The summed E-state index contributed by atoms with van der Waals surface area (Å²) >= 11 is 4.55. The van der Waals surface area contributed by atoms with E-state index in [0.29, 0.717) is 0 Å². The standard InChI is InChI=1S/C7H7I2N/c1-4-3-6(8)10-5(2)7(4)9/h3H,1-2H3. The zero-order chi connectivity index (χ0) is 7.72. The first kappa shape index (κ1) is 8.70. The fourth-order valence-electron chi connectivity index (χ4n) is 0.769. The zero-order valence-electron chi connectivity index (χ0n) is 5.78. The van der Waals surface area contributed by atoms with E-state index >= 15 is 0 Å². The molecule has 0 aliphatic carbocycles. The van der Waals surface area contributed by atoms with Gasteiger partial charge in [-0.1, -0.05) is 0 Å². The van der Waals surface area contributed by atoms with E-state index < -0.39 is 0 Å². The molecule has 1 aromatic rings. The van der Waals surface area contributed by atoms with E-state index in [0.717, 1.165) is 9.39 Å². The van der Waals surface area contributed by atoms with Crippen molar-refractivity contribution in [2.75, 3.05) is 0 Å². The van der Waals surface area contributed by atoms with Crippen molar-refractivity contribution >= 4 is 45.2 Å². The molecule has 0 aliphatic rings. The Balaban J connectivity index is 3.31. The summed E-state index contributed by atoms with van der Waals surface area (Å²) in [5.74, 6) is 0. The molecule has 54 valence electrons. The van der Waals surface area contributed by atoms with Crippen molar-refractivity contribution in [2.45, 2.75) is 13.8 Å². The molecule has 0 bridgehead atoms. The SMILES string of the molecule is Cc1cc(I)nc(C)c1I. The van der Waals surface area contributed by atoms with Crippen molar-refractivity contribution in [3.05, 3.63) is 24.6 Å². The first-order valence-corrected chi connectivity index (χ1v) is 5.06. The number of hydrogen-bond donors (Lipinski definition) is 0. The van der Waals surface area contributed by atoms with Crippen molar-refractivity contribution in [1.82, 2.24) is 4.98 Å². The van der Waals surface area contributed by atoms with Crippen molar-refractivity contribution in [2.24, 2.45) is 0 Å². The van der Waals surface area contributed by atoms with E-state index in [1.54, 1.807) is 0 Å². The summed E-state index contributed by atoms with van der Waals surface area (Å²) in [5, 5.41) is 0. The van der Waals surface area contributed by atoms with E-state index in [4.69, 9.17) is 0 Å². The van der Waals surface area contributed by atoms with Crippen LogP contribution in [0, 0.1) is 21.1 Å². The summed E-state index contributed by atoms with van der Waals surface area (Å²) in [6.07, 6.45) is 0. The van der Waals surface area contributed by atoms with Crippen LogP contribution in [-0.2, 0) is 0 Å². The van der Waals surface area contributed by atoms with Gasteiger partial charge in [0, 0.05) is 3.57 Å². The molecule has 0 N–H and O–H groups in total. The van der Waals surface area contributed by atoms with Gasteiger partial charge in [0.15, 0.2) is 0 Å². The third kappa shape index (κ3) is 1.81. The van der Waals surface area contributed by atoms with Crippen LogP contribution in [-0.4, -0.2) is 4.98 Å². The predicted molar refractivity (Wildman–Crippen MR) is 59.1 cm³/mol. The van der Waals surface area contributed by atoms with Crippen molar-refractivity contribution in [3.8, 4) is 0 Å². The van der Waals surface area contributed by atoms with Crippen LogP contribution < -0.4 is 0 Å². The maximum Gasteiger partial charge on any atom is 0.102 e. The molecule has 3 heteroatoms. The van der Waals surface area contributed by atoms with Crippen LogP contribution in [0.4, 0.5) is 0 Å². The third-order valence-electron chi connectivity index (χ3n) is 1.27. The molecule has 10 heavy (non-hydrogen) atoms. The minimum absolute atomic E-state index is 1.08. The fourth-order valence-corrected chi connectivity index (χ4v) is 1.87. The lowest BCUT2D eigenvalue weighted by Gasteiger charge is -2.01. The number of hydrogen-bond acceptors (Lipinski definition) is 1. The lowest BCUT2D eigenvalue weighted by molar-refractivity contribution is 1.12. The largest absolute Gasteiger partial charge is 0.246 e. The van der Waals surface area contributed by atoms with Crippen molar-refractivity contribution in [1.29, 1.82) is 0 Å². The second kappa shape index (κ2) is 3.34. The van der Waals surface area contributed by atoms with Gasteiger partial charge in [-0.15, -0.1) is 0 Å². The van der Waals surface area contributed by atoms with Gasteiger partial charge in [-0.05, 0) is 70.7 Å². The van der Waals surface area contributed by atoms with Gasteiger partial charge < -0.3 is 0 Å². The molecule has 0 saturated carbocycles. The second-order valence-corrected chi connectivity index (χ2v) is 4.35. The highest BCUT2D eigenvalue weighted by atomic mass is 127. The number of halogens is 2. The highest BCUT2D eigenvalue weighted by molar-refractivity contribution is 14.1. The summed E-state index contributed by atoms with van der Waals surface area (Å²) in [5.41, 5.74) is 2.45. The molecular weight excluding hydrogens is 352 g/mol. The Bertz CT molecular complexity index is 235. The van der Waals surface area contributed by atoms with Crippen molar-refractivity contribution in [3.63, 3.8) is 0 Å². The summed E-state index contributed by atoms with van der Waals surface area (Å²) in [7, 11) is 0. The smallest absolute Gasteiger partial charge is 0.102 e. The molecule has 0 spiro atoms. The third-order valence-corrected chi connectivity index (χ3v) is 3.46. The lowest BCUT2D eigenvalue weighted by atomic mass is 10.3. The minimum Gasteiger partial charge on any atom is -0.246 e. The Kier molecular flexibility index (Phi) is 2.91. The molecule has 0 unspecified atom stereocenters. The van der Waals surface area contributed by atoms with Crippen LogP contribution in [0.3, 0.4) is 0 Å². The first-order chi connectivity index (χ1) is 4.61. The molecule has 0 aromatic carbocycles. The van der Waals surface area contributed by atoms with Gasteiger partial charge in [0.1, 0.15) is 3.70 Å². The van der Waals surface area contributed by atoms with E-state index in [2.05, 4.69) is 63.2 Å². The first-order valence-electron chi connectivity index (χ1n) is 2.90. The quantitative estimate of drug-likeness (QED) is 0.513. The maximum atomic E-state index is 4.31. The number of pyridine rings is 1. The fraction of sp³-hybridized carbons (Fsp3) is 0.286. The summed E-state index contributed by atoms with van der Waals surface area (Å²) in [6, 6.07) is 2.09. The Morgan fingerprint density at radius 3 is 2.40 bits per heavy atom. The van der Waals surface area contributed by atoms with Crippen LogP contribution in [0.15, 0.2) is 6.07 Å².